The second-order valence-electron chi connectivity index (χ2n) is 5.98. The first-order valence-electron chi connectivity index (χ1n) is 7.97. The molecule has 0 saturated heterocycles. The molecule has 0 radical (unpaired) electrons. The van der Waals surface area contributed by atoms with Gasteiger partial charge in [-0.2, -0.15) is 0 Å². The monoisotopic (exact) mass is 277 g/mol. The van der Waals surface area contributed by atoms with Crippen LogP contribution in [-0.2, 0) is 11.2 Å². The lowest BCUT2D eigenvalue weighted by molar-refractivity contribution is 0.139. The molecule has 0 atom stereocenters. The predicted octanol–water partition coefficient (Wildman–Crippen LogP) is 4.10. The predicted molar refractivity (Wildman–Crippen MR) is 87.7 cm³/mol. The summed E-state index contributed by atoms with van der Waals surface area (Å²) in [7, 11) is 0. The summed E-state index contributed by atoms with van der Waals surface area (Å²) in [5.41, 5.74) is 4.35. The number of benzene rings is 1. The summed E-state index contributed by atoms with van der Waals surface area (Å²) in [5.74, 6) is 1.17. The molecule has 0 aliphatic carbocycles. The van der Waals surface area contributed by atoms with E-state index in [1.54, 1.807) is 0 Å². The summed E-state index contributed by atoms with van der Waals surface area (Å²) in [6, 6.07) is 6.94. The van der Waals surface area contributed by atoms with Crippen molar-refractivity contribution in [3.8, 4) is 0 Å². The van der Waals surface area contributed by atoms with Crippen molar-refractivity contribution in [3.63, 3.8) is 0 Å². The van der Waals surface area contributed by atoms with Crippen molar-refractivity contribution < 1.29 is 4.74 Å². The van der Waals surface area contributed by atoms with E-state index in [0.717, 1.165) is 32.7 Å². The fourth-order valence-electron chi connectivity index (χ4n) is 2.34. The summed E-state index contributed by atoms with van der Waals surface area (Å²) in [6.45, 7) is 14.7. The van der Waals surface area contributed by atoms with Crippen LogP contribution in [0.25, 0.3) is 0 Å². The highest BCUT2D eigenvalue weighted by molar-refractivity contribution is 5.35. The molecule has 0 heterocycles. The average molecular weight is 277 g/mol. The molecule has 20 heavy (non-hydrogen) atoms. The molecule has 2 nitrogen and oxygen atoms in total. The average Bonchev–Trinajstić information content (AvgIpc) is 2.42. The Balaban J connectivity index is 2.56. The zero-order valence-electron chi connectivity index (χ0n) is 13.8. The first-order valence-corrected chi connectivity index (χ1v) is 7.97. The molecule has 0 spiro atoms. The van der Waals surface area contributed by atoms with Gasteiger partial charge in [-0.1, -0.05) is 52.8 Å². The van der Waals surface area contributed by atoms with Crippen LogP contribution in [0.1, 0.15) is 63.1 Å². The van der Waals surface area contributed by atoms with Gasteiger partial charge in [-0.3, -0.25) is 0 Å². The summed E-state index contributed by atoms with van der Waals surface area (Å²) in [6.07, 6.45) is 1.01. The lowest BCUT2D eigenvalue weighted by atomic mass is 9.90. The van der Waals surface area contributed by atoms with E-state index < -0.39 is 0 Å². The van der Waals surface area contributed by atoms with E-state index in [1.807, 2.05) is 0 Å². The lowest BCUT2D eigenvalue weighted by Gasteiger charge is -2.16. The standard InChI is InChI=1S/C18H31NO/c1-6-19-10-12-20-11-9-16-7-8-17(14(2)3)13-18(16)15(4)5/h7-8,13-15,19H,6,9-12H2,1-5H3. The van der Waals surface area contributed by atoms with Gasteiger partial charge in [0.2, 0.25) is 0 Å². The molecular weight excluding hydrogens is 246 g/mol. The zero-order valence-corrected chi connectivity index (χ0v) is 13.8. The van der Waals surface area contributed by atoms with Crippen molar-refractivity contribution in [2.24, 2.45) is 0 Å². The molecule has 2 heteroatoms. The second kappa shape index (κ2) is 9.15. The van der Waals surface area contributed by atoms with Gasteiger partial charge in [0.05, 0.1) is 13.2 Å². The Morgan fingerprint density at radius 1 is 1.05 bits per heavy atom. The van der Waals surface area contributed by atoms with E-state index in [9.17, 15) is 0 Å². The van der Waals surface area contributed by atoms with Crippen LogP contribution in [0.2, 0.25) is 0 Å². The molecule has 1 aromatic carbocycles. The molecule has 0 unspecified atom stereocenters. The normalized spacial score (nSPS) is 11.6. The Morgan fingerprint density at radius 2 is 1.80 bits per heavy atom. The third kappa shape index (κ3) is 5.64. The van der Waals surface area contributed by atoms with Crippen LogP contribution in [0.4, 0.5) is 0 Å². The minimum Gasteiger partial charge on any atom is -0.380 e. The third-order valence-corrected chi connectivity index (χ3v) is 3.65. The van der Waals surface area contributed by atoms with Gasteiger partial charge in [-0.25, -0.2) is 0 Å². The van der Waals surface area contributed by atoms with Gasteiger partial charge in [0.15, 0.2) is 0 Å². The quantitative estimate of drug-likeness (QED) is 0.686. The number of ether oxygens (including phenoxy) is 1. The van der Waals surface area contributed by atoms with Gasteiger partial charge >= 0.3 is 0 Å². The molecule has 0 aliphatic rings. The second-order valence-corrected chi connectivity index (χ2v) is 5.98. The van der Waals surface area contributed by atoms with Crippen molar-refractivity contribution in [1.82, 2.24) is 5.32 Å². The van der Waals surface area contributed by atoms with Crippen LogP contribution in [0.5, 0.6) is 0 Å². The number of hydrogen-bond acceptors (Lipinski definition) is 2. The van der Waals surface area contributed by atoms with Crippen LogP contribution in [-0.4, -0.2) is 26.3 Å². The van der Waals surface area contributed by atoms with Crippen molar-refractivity contribution in [3.05, 3.63) is 34.9 Å². The topological polar surface area (TPSA) is 21.3 Å². The van der Waals surface area contributed by atoms with E-state index in [4.69, 9.17) is 4.74 Å². The first kappa shape index (κ1) is 17.2. The summed E-state index contributed by atoms with van der Waals surface area (Å²) in [4.78, 5) is 0. The molecule has 0 aliphatic heterocycles. The molecule has 0 aromatic heterocycles. The molecule has 1 rings (SSSR count). The zero-order chi connectivity index (χ0) is 15.0. The van der Waals surface area contributed by atoms with Gasteiger partial charge in [-0.15, -0.1) is 0 Å². The molecule has 1 aromatic rings. The molecule has 0 amide bonds. The van der Waals surface area contributed by atoms with E-state index in [1.165, 1.54) is 16.7 Å². The van der Waals surface area contributed by atoms with Crippen LogP contribution in [0.3, 0.4) is 0 Å². The molecule has 114 valence electrons. The number of hydrogen-bond donors (Lipinski definition) is 1. The number of nitrogens with one attached hydrogen (secondary N) is 1. The van der Waals surface area contributed by atoms with Crippen LogP contribution >= 0.6 is 0 Å². The summed E-state index contributed by atoms with van der Waals surface area (Å²) < 4.78 is 5.69. The van der Waals surface area contributed by atoms with Crippen LogP contribution < -0.4 is 5.32 Å². The van der Waals surface area contributed by atoms with Gasteiger partial charge in [0.1, 0.15) is 0 Å². The fourth-order valence-corrected chi connectivity index (χ4v) is 2.34. The largest absolute Gasteiger partial charge is 0.380 e. The SMILES string of the molecule is CCNCCOCCc1ccc(C(C)C)cc1C(C)C. The highest BCUT2D eigenvalue weighted by Crippen LogP contribution is 2.25. The van der Waals surface area contributed by atoms with Crippen molar-refractivity contribution >= 4 is 0 Å². The Morgan fingerprint density at radius 3 is 2.40 bits per heavy atom. The molecule has 1 N–H and O–H groups in total. The molecular formula is C18H31NO. The minimum atomic E-state index is 0.574. The molecule has 0 saturated carbocycles. The van der Waals surface area contributed by atoms with Gasteiger partial charge < -0.3 is 10.1 Å². The van der Waals surface area contributed by atoms with Crippen LogP contribution in [0, 0.1) is 0 Å². The van der Waals surface area contributed by atoms with Crippen molar-refractivity contribution in [2.75, 3.05) is 26.3 Å². The smallest absolute Gasteiger partial charge is 0.0591 e. The lowest BCUT2D eigenvalue weighted by Crippen LogP contribution is -2.19. The van der Waals surface area contributed by atoms with E-state index >= 15 is 0 Å². The first-order chi connectivity index (χ1) is 9.56. The van der Waals surface area contributed by atoms with Gasteiger partial charge in [0, 0.05) is 6.54 Å². The maximum Gasteiger partial charge on any atom is 0.0591 e. The molecule has 0 bridgehead atoms. The maximum atomic E-state index is 5.69. The number of likely N-dealkylation sites (N-methyl/N-ethyl adjacent to an activating group) is 1. The Kier molecular flexibility index (Phi) is 7.86. The highest BCUT2D eigenvalue weighted by Gasteiger charge is 2.09. The Bertz CT molecular complexity index is 385. The third-order valence-electron chi connectivity index (χ3n) is 3.65. The van der Waals surface area contributed by atoms with E-state index in [2.05, 4.69) is 58.1 Å². The van der Waals surface area contributed by atoms with Crippen molar-refractivity contribution in [2.45, 2.75) is 52.9 Å². The van der Waals surface area contributed by atoms with Crippen LogP contribution in [0.15, 0.2) is 18.2 Å². The van der Waals surface area contributed by atoms with Crippen molar-refractivity contribution in [1.29, 1.82) is 0 Å². The van der Waals surface area contributed by atoms with Gasteiger partial charge in [-0.05, 0) is 41.5 Å². The summed E-state index contributed by atoms with van der Waals surface area (Å²) in [5, 5.41) is 3.27. The summed E-state index contributed by atoms with van der Waals surface area (Å²) >= 11 is 0. The fraction of sp³-hybridized carbons (Fsp3) is 0.667. The Hall–Kier alpha value is -0.860. The minimum absolute atomic E-state index is 0.574. The number of rotatable bonds is 9. The highest BCUT2D eigenvalue weighted by atomic mass is 16.5. The van der Waals surface area contributed by atoms with E-state index in [0.29, 0.717) is 11.8 Å². The van der Waals surface area contributed by atoms with E-state index in [-0.39, 0.29) is 0 Å². The molecule has 0 fully saturated rings. The Labute approximate surface area is 124 Å². The maximum absolute atomic E-state index is 5.69. The van der Waals surface area contributed by atoms with Gasteiger partial charge in [0.25, 0.3) is 0 Å².